The summed E-state index contributed by atoms with van der Waals surface area (Å²) < 4.78 is 0. The first-order valence-electron chi connectivity index (χ1n) is 11.9. The molecule has 4 unspecified atom stereocenters. The summed E-state index contributed by atoms with van der Waals surface area (Å²) in [7, 11) is 0. The third-order valence-corrected chi connectivity index (χ3v) is 7.66. The normalized spacial score (nSPS) is 21.4. The molecule has 6 nitrogen and oxygen atoms in total. The van der Waals surface area contributed by atoms with Crippen LogP contribution in [0.25, 0.3) is 0 Å². The molecular weight excluding hydrogens is 472 g/mol. The maximum Gasteiger partial charge on any atom is 0.327 e. The molecule has 2 aromatic carbocycles. The number of benzene rings is 2. The van der Waals surface area contributed by atoms with Crippen molar-refractivity contribution < 1.29 is 19.5 Å². The number of carboxylic acid groups (broad SMARTS) is 1. The van der Waals surface area contributed by atoms with E-state index in [0.717, 1.165) is 10.4 Å². The van der Waals surface area contributed by atoms with Crippen molar-refractivity contribution in [3.05, 3.63) is 93.2 Å². The van der Waals surface area contributed by atoms with E-state index in [0.29, 0.717) is 16.7 Å². The zero-order chi connectivity index (χ0) is 26.0. The quantitative estimate of drug-likeness (QED) is 0.426. The number of hydrogen-bond donors (Lipinski definition) is 1. The summed E-state index contributed by atoms with van der Waals surface area (Å²) >= 11 is 1.39. The molecular formula is C29H28N2O4S. The second-order valence-corrected chi connectivity index (χ2v) is 10.6. The average Bonchev–Trinajstić information content (AvgIpc) is 3.50. The van der Waals surface area contributed by atoms with E-state index in [-0.39, 0.29) is 24.0 Å². The van der Waals surface area contributed by atoms with E-state index in [1.165, 1.54) is 16.2 Å². The van der Waals surface area contributed by atoms with Crippen molar-refractivity contribution in [3.63, 3.8) is 0 Å². The summed E-state index contributed by atoms with van der Waals surface area (Å²) in [5.41, 5.74) is 2.58. The van der Waals surface area contributed by atoms with Crippen molar-refractivity contribution in [2.24, 2.45) is 11.8 Å². The number of rotatable bonds is 7. The number of hydrogen-bond acceptors (Lipinski definition) is 5. The molecule has 1 aromatic heterocycles. The van der Waals surface area contributed by atoms with Gasteiger partial charge in [-0.3, -0.25) is 9.59 Å². The van der Waals surface area contributed by atoms with Gasteiger partial charge < -0.3 is 10.0 Å². The number of aryl methyl sites for hydroxylation is 1. The van der Waals surface area contributed by atoms with E-state index in [1.54, 1.807) is 36.4 Å². The number of aliphatic carboxylic acids is 1. The smallest absolute Gasteiger partial charge is 0.327 e. The van der Waals surface area contributed by atoms with Crippen molar-refractivity contribution in [3.8, 4) is 6.07 Å². The van der Waals surface area contributed by atoms with Crippen molar-refractivity contribution in [1.29, 1.82) is 5.26 Å². The zero-order valence-electron chi connectivity index (χ0n) is 20.4. The van der Waals surface area contributed by atoms with Gasteiger partial charge in [0.2, 0.25) is 5.91 Å². The molecule has 7 heteroatoms. The van der Waals surface area contributed by atoms with Gasteiger partial charge in [-0.25, -0.2) is 4.79 Å². The van der Waals surface area contributed by atoms with Gasteiger partial charge in [0.25, 0.3) is 0 Å². The highest BCUT2D eigenvalue weighted by molar-refractivity contribution is 7.10. The summed E-state index contributed by atoms with van der Waals surface area (Å²) in [6.45, 7) is 5.75. The van der Waals surface area contributed by atoms with Crippen LogP contribution >= 0.6 is 11.3 Å². The first-order valence-corrected chi connectivity index (χ1v) is 12.8. The molecule has 1 N–H and O–H groups in total. The van der Waals surface area contributed by atoms with Gasteiger partial charge in [-0.1, -0.05) is 61.9 Å². The Morgan fingerprint density at radius 3 is 2.25 bits per heavy atom. The Balaban J connectivity index is 1.95. The van der Waals surface area contributed by atoms with E-state index in [1.807, 2.05) is 50.4 Å². The maximum atomic E-state index is 14.2. The standard InChI is InChI=1S/C29H28N2O4S/c1-17(2)15-23(32)31-26(20-12-8-19(16-30)9-13-20)25(28(33)21-10-6-18(3)7-11-21)24(27(31)29(34)35)22-5-4-14-36-22/h4-14,17,24-27H,15H2,1-3H3,(H,34,35). The highest BCUT2D eigenvalue weighted by atomic mass is 32.1. The summed E-state index contributed by atoms with van der Waals surface area (Å²) in [6, 6.07) is 17.7. The molecule has 2 heterocycles. The number of carboxylic acids is 1. The summed E-state index contributed by atoms with van der Waals surface area (Å²) in [5, 5.41) is 21.6. The molecule has 4 rings (SSSR count). The molecule has 0 saturated carbocycles. The minimum atomic E-state index is -1.20. The molecule has 3 aromatic rings. The van der Waals surface area contributed by atoms with Crippen molar-refractivity contribution in [2.45, 2.75) is 45.2 Å². The monoisotopic (exact) mass is 500 g/mol. The number of carbonyl (C=O) groups excluding carboxylic acids is 2. The molecule has 1 saturated heterocycles. The lowest BCUT2D eigenvalue weighted by atomic mass is 9.78. The number of likely N-dealkylation sites (tertiary alicyclic amines) is 1. The number of amides is 1. The van der Waals surface area contributed by atoms with Crippen LogP contribution in [0, 0.1) is 30.1 Å². The lowest BCUT2D eigenvalue weighted by molar-refractivity contribution is -0.150. The maximum absolute atomic E-state index is 14.2. The highest BCUT2D eigenvalue weighted by Crippen LogP contribution is 2.52. The van der Waals surface area contributed by atoms with Gasteiger partial charge in [0.15, 0.2) is 5.78 Å². The van der Waals surface area contributed by atoms with Crippen LogP contribution < -0.4 is 0 Å². The first kappa shape index (κ1) is 25.3. The number of nitriles is 1. The SMILES string of the molecule is Cc1ccc(C(=O)C2C(c3cccs3)C(C(=O)O)N(C(=O)CC(C)C)C2c2ccc(C#N)cc2)cc1. The number of nitrogens with zero attached hydrogens (tertiary/aromatic N) is 2. The topological polar surface area (TPSA) is 98.5 Å². The summed E-state index contributed by atoms with van der Waals surface area (Å²) in [5.74, 6) is -3.14. The molecule has 4 atom stereocenters. The van der Waals surface area contributed by atoms with Crippen LogP contribution in [-0.4, -0.2) is 33.7 Å². The first-order chi connectivity index (χ1) is 17.2. The average molecular weight is 501 g/mol. The minimum absolute atomic E-state index is 0.0144. The van der Waals surface area contributed by atoms with Gasteiger partial charge in [0.1, 0.15) is 6.04 Å². The number of ketones is 1. The van der Waals surface area contributed by atoms with Crippen LogP contribution in [0.15, 0.2) is 66.0 Å². The molecule has 36 heavy (non-hydrogen) atoms. The third-order valence-electron chi connectivity index (χ3n) is 6.68. The second-order valence-electron chi connectivity index (χ2n) is 9.66. The zero-order valence-corrected chi connectivity index (χ0v) is 21.2. The van der Waals surface area contributed by atoms with Gasteiger partial charge in [0, 0.05) is 22.8 Å². The Kier molecular flexibility index (Phi) is 7.37. The Bertz CT molecular complexity index is 1290. The molecule has 1 aliphatic rings. The molecule has 1 fully saturated rings. The molecule has 0 bridgehead atoms. The van der Waals surface area contributed by atoms with Crippen molar-refractivity contribution in [1.82, 2.24) is 4.90 Å². The Morgan fingerprint density at radius 1 is 1.06 bits per heavy atom. The molecule has 1 aliphatic heterocycles. The van der Waals surface area contributed by atoms with Gasteiger partial charge in [0.05, 0.1) is 23.6 Å². The van der Waals surface area contributed by atoms with Gasteiger partial charge in [-0.2, -0.15) is 5.26 Å². The van der Waals surface area contributed by atoms with Crippen LogP contribution in [0.4, 0.5) is 0 Å². The number of thiophene rings is 1. The largest absolute Gasteiger partial charge is 0.480 e. The fourth-order valence-corrected chi connectivity index (χ4v) is 6.01. The molecule has 1 amide bonds. The number of Topliss-reactive ketones (excluding diaryl/α,β-unsaturated/α-hetero) is 1. The Morgan fingerprint density at radius 2 is 1.72 bits per heavy atom. The minimum Gasteiger partial charge on any atom is -0.480 e. The molecule has 184 valence electrons. The Labute approximate surface area is 214 Å². The summed E-state index contributed by atoms with van der Waals surface area (Å²) in [4.78, 5) is 42.8. The molecule has 0 spiro atoms. The third kappa shape index (κ3) is 4.82. The summed E-state index contributed by atoms with van der Waals surface area (Å²) in [6.07, 6.45) is 0.166. The van der Waals surface area contributed by atoms with Gasteiger partial charge in [-0.15, -0.1) is 11.3 Å². The second kappa shape index (κ2) is 10.5. The van der Waals surface area contributed by atoms with E-state index < -0.39 is 29.9 Å². The fourth-order valence-electron chi connectivity index (χ4n) is 5.10. The van der Waals surface area contributed by atoms with Crippen molar-refractivity contribution in [2.75, 3.05) is 0 Å². The van der Waals surface area contributed by atoms with Crippen LogP contribution in [0.1, 0.15) is 64.2 Å². The van der Waals surface area contributed by atoms with Gasteiger partial charge in [-0.05, 0) is 42.0 Å². The lowest BCUT2D eigenvalue weighted by Gasteiger charge is -2.31. The van der Waals surface area contributed by atoms with Gasteiger partial charge >= 0.3 is 5.97 Å². The predicted molar refractivity (Wildman–Crippen MR) is 138 cm³/mol. The van der Waals surface area contributed by atoms with Crippen LogP contribution in [0.2, 0.25) is 0 Å². The van der Waals surface area contributed by atoms with Crippen molar-refractivity contribution >= 4 is 29.0 Å². The van der Waals surface area contributed by atoms with Crippen LogP contribution in [0.5, 0.6) is 0 Å². The Hall–Kier alpha value is -3.76. The molecule has 0 aliphatic carbocycles. The molecule has 0 radical (unpaired) electrons. The van der Waals surface area contributed by atoms with E-state index >= 15 is 0 Å². The fraction of sp³-hybridized carbons (Fsp3) is 0.310. The van der Waals surface area contributed by atoms with E-state index in [9.17, 15) is 24.8 Å². The number of carbonyl (C=O) groups is 3. The van der Waals surface area contributed by atoms with Crippen LogP contribution in [0.3, 0.4) is 0 Å². The van der Waals surface area contributed by atoms with E-state index in [4.69, 9.17) is 0 Å². The predicted octanol–water partition coefficient (Wildman–Crippen LogP) is 5.59. The van der Waals surface area contributed by atoms with Crippen LogP contribution in [-0.2, 0) is 9.59 Å². The lowest BCUT2D eigenvalue weighted by Crippen LogP contribution is -2.44. The van der Waals surface area contributed by atoms with E-state index in [2.05, 4.69) is 6.07 Å². The highest BCUT2D eigenvalue weighted by Gasteiger charge is 2.57.